The summed E-state index contributed by atoms with van der Waals surface area (Å²) in [5, 5.41) is 13.7. The van der Waals surface area contributed by atoms with Gasteiger partial charge in [0.05, 0.1) is 11.2 Å². The van der Waals surface area contributed by atoms with Crippen LogP contribution < -0.4 is 16.8 Å². The Morgan fingerprint density at radius 2 is 2.30 bits per heavy atom. The lowest BCUT2D eigenvalue weighted by molar-refractivity contribution is 0.0697. The molecule has 0 spiro atoms. The molecule has 0 saturated heterocycles. The molecule has 10 heteroatoms. The van der Waals surface area contributed by atoms with E-state index in [0.717, 1.165) is 5.69 Å². The van der Waals surface area contributed by atoms with E-state index in [9.17, 15) is 4.79 Å². The SMILES string of the molecule is NC(N)=NC(SCCNc1ncccc1C(=O)O)c1cscn1. The van der Waals surface area contributed by atoms with Crippen LogP contribution in [0, 0.1) is 0 Å². The number of hydrogen-bond acceptors (Lipinski definition) is 7. The number of nitrogens with two attached hydrogens (primary N) is 2. The van der Waals surface area contributed by atoms with Crippen LogP contribution in [-0.4, -0.2) is 39.3 Å². The molecule has 122 valence electrons. The summed E-state index contributed by atoms with van der Waals surface area (Å²) in [6.45, 7) is 0.516. The maximum atomic E-state index is 11.1. The number of aliphatic imine (C=N–C) groups is 1. The summed E-state index contributed by atoms with van der Waals surface area (Å²) >= 11 is 2.97. The second kappa shape index (κ2) is 8.34. The molecule has 0 aromatic carbocycles. The highest BCUT2D eigenvalue weighted by molar-refractivity contribution is 7.99. The first-order valence-corrected chi connectivity index (χ1v) is 8.57. The van der Waals surface area contributed by atoms with Gasteiger partial charge in [-0.05, 0) is 12.1 Å². The number of hydrogen-bond donors (Lipinski definition) is 4. The zero-order valence-corrected chi connectivity index (χ0v) is 13.7. The van der Waals surface area contributed by atoms with E-state index in [1.165, 1.54) is 29.2 Å². The van der Waals surface area contributed by atoms with Gasteiger partial charge in [-0.3, -0.25) is 0 Å². The van der Waals surface area contributed by atoms with Crippen molar-refractivity contribution in [1.29, 1.82) is 0 Å². The molecular weight excluding hydrogens is 336 g/mol. The molecule has 0 bridgehead atoms. The fourth-order valence-corrected chi connectivity index (χ4v) is 3.32. The normalized spacial score (nSPS) is 11.7. The average Bonchev–Trinajstić information content (AvgIpc) is 3.04. The third-order valence-electron chi connectivity index (χ3n) is 2.68. The molecule has 0 aliphatic rings. The first-order valence-electron chi connectivity index (χ1n) is 6.58. The van der Waals surface area contributed by atoms with Gasteiger partial charge in [0.1, 0.15) is 16.8 Å². The van der Waals surface area contributed by atoms with Crippen LogP contribution in [0.5, 0.6) is 0 Å². The Morgan fingerprint density at radius 3 is 2.96 bits per heavy atom. The number of carboxylic acids is 1. The summed E-state index contributed by atoms with van der Waals surface area (Å²) in [5.74, 6) is -0.0303. The number of guanidine groups is 1. The van der Waals surface area contributed by atoms with E-state index >= 15 is 0 Å². The Bertz CT molecular complexity index is 673. The first kappa shape index (κ1) is 17.0. The number of aromatic nitrogens is 2. The van der Waals surface area contributed by atoms with Crippen molar-refractivity contribution in [2.75, 3.05) is 17.6 Å². The van der Waals surface area contributed by atoms with E-state index in [1.807, 2.05) is 5.38 Å². The number of thiazole rings is 1. The number of nitrogens with one attached hydrogen (secondary N) is 1. The molecule has 8 nitrogen and oxygen atoms in total. The van der Waals surface area contributed by atoms with Crippen molar-refractivity contribution in [2.24, 2.45) is 16.5 Å². The minimum absolute atomic E-state index is 0.00125. The van der Waals surface area contributed by atoms with Gasteiger partial charge >= 0.3 is 5.97 Å². The van der Waals surface area contributed by atoms with Crippen LogP contribution in [0.2, 0.25) is 0 Å². The van der Waals surface area contributed by atoms with E-state index in [-0.39, 0.29) is 16.9 Å². The third kappa shape index (κ3) is 5.11. The van der Waals surface area contributed by atoms with Crippen molar-refractivity contribution in [3.05, 3.63) is 40.5 Å². The molecule has 0 radical (unpaired) electrons. The average molecular weight is 352 g/mol. The molecule has 2 aromatic heterocycles. The van der Waals surface area contributed by atoms with Crippen LogP contribution in [0.25, 0.3) is 0 Å². The molecule has 0 fully saturated rings. The van der Waals surface area contributed by atoms with E-state index < -0.39 is 5.97 Å². The summed E-state index contributed by atoms with van der Waals surface area (Å²) in [6, 6.07) is 3.09. The zero-order chi connectivity index (χ0) is 16.7. The summed E-state index contributed by atoms with van der Waals surface area (Å²) in [6.07, 6.45) is 1.54. The second-order valence-electron chi connectivity index (χ2n) is 4.32. The number of pyridine rings is 1. The monoisotopic (exact) mass is 352 g/mol. The summed E-state index contributed by atoms with van der Waals surface area (Å²) < 4.78 is 0. The molecule has 2 aromatic rings. The molecule has 1 unspecified atom stereocenters. The Balaban J connectivity index is 1.91. The molecule has 1 atom stereocenters. The quantitative estimate of drug-likeness (QED) is 0.317. The van der Waals surface area contributed by atoms with E-state index in [4.69, 9.17) is 16.6 Å². The fraction of sp³-hybridized carbons (Fsp3) is 0.231. The van der Waals surface area contributed by atoms with E-state index in [2.05, 4.69) is 20.3 Å². The van der Waals surface area contributed by atoms with Crippen LogP contribution in [0.1, 0.15) is 21.4 Å². The highest BCUT2D eigenvalue weighted by Gasteiger charge is 2.14. The molecule has 0 amide bonds. The van der Waals surface area contributed by atoms with E-state index in [0.29, 0.717) is 18.1 Å². The Kier molecular flexibility index (Phi) is 6.18. The Hall–Kier alpha value is -2.33. The van der Waals surface area contributed by atoms with Crippen molar-refractivity contribution in [3.63, 3.8) is 0 Å². The molecular formula is C13H16N6O2S2. The maximum absolute atomic E-state index is 11.1. The highest BCUT2D eigenvalue weighted by atomic mass is 32.2. The summed E-state index contributed by atoms with van der Waals surface area (Å²) in [5.41, 5.74) is 13.5. The van der Waals surface area contributed by atoms with Crippen LogP contribution in [-0.2, 0) is 0 Å². The smallest absolute Gasteiger partial charge is 0.339 e. The van der Waals surface area contributed by atoms with Crippen LogP contribution >= 0.6 is 23.1 Å². The number of anilines is 1. The van der Waals surface area contributed by atoms with Crippen LogP contribution in [0.3, 0.4) is 0 Å². The summed E-state index contributed by atoms with van der Waals surface area (Å²) in [4.78, 5) is 23.5. The summed E-state index contributed by atoms with van der Waals surface area (Å²) in [7, 11) is 0. The van der Waals surface area contributed by atoms with E-state index in [1.54, 1.807) is 17.8 Å². The van der Waals surface area contributed by atoms with Gasteiger partial charge in [-0.2, -0.15) is 0 Å². The molecule has 0 aliphatic carbocycles. The van der Waals surface area contributed by atoms with Gasteiger partial charge in [0.2, 0.25) is 0 Å². The molecule has 2 rings (SSSR count). The lowest BCUT2D eigenvalue weighted by Gasteiger charge is -2.12. The predicted octanol–water partition coefficient (Wildman–Crippen LogP) is 1.35. The fourth-order valence-electron chi connectivity index (χ4n) is 1.73. The number of rotatable bonds is 8. The van der Waals surface area contributed by atoms with Crippen molar-refractivity contribution >= 4 is 40.8 Å². The maximum Gasteiger partial charge on any atom is 0.339 e. The zero-order valence-electron chi connectivity index (χ0n) is 12.0. The highest BCUT2D eigenvalue weighted by Crippen LogP contribution is 2.29. The van der Waals surface area contributed by atoms with Crippen molar-refractivity contribution < 1.29 is 9.90 Å². The van der Waals surface area contributed by atoms with Crippen molar-refractivity contribution in [2.45, 2.75) is 5.37 Å². The lowest BCUT2D eigenvalue weighted by Crippen LogP contribution is -2.23. The van der Waals surface area contributed by atoms with Gasteiger partial charge in [-0.15, -0.1) is 23.1 Å². The molecule has 0 saturated carbocycles. The number of nitrogens with zero attached hydrogens (tertiary/aromatic N) is 3. The second-order valence-corrected chi connectivity index (χ2v) is 6.23. The third-order valence-corrected chi connectivity index (χ3v) is 4.39. The van der Waals surface area contributed by atoms with Gasteiger partial charge in [0.15, 0.2) is 5.96 Å². The largest absolute Gasteiger partial charge is 0.478 e. The van der Waals surface area contributed by atoms with Gasteiger partial charge in [-0.25, -0.2) is 19.8 Å². The van der Waals surface area contributed by atoms with Gasteiger partial charge in [0.25, 0.3) is 0 Å². The number of thioether (sulfide) groups is 1. The lowest BCUT2D eigenvalue weighted by atomic mass is 10.2. The predicted molar refractivity (Wildman–Crippen MR) is 92.8 cm³/mol. The molecule has 0 aliphatic heterocycles. The standard InChI is InChI=1S/C13H16N6O2S2/c14-13(15)19-11(9-6-22-7-18-9)23-5-4-17-10-8(12(20)21)2-1-3-16-10/h1-3,6-7,11H,4-5H2,(H,16,17)(H,20,21)(H4,14,15,19). The minimum atomic E-state index is -1.02. The van der Waals surface area contributed by atoms with Gasteiger partial charge in [-0.1, -0.05) is 0 Å². The molecule has 6 N–H and O–H groups in total. The number of aromatic carboxylic acids is 1. The van der Waals surface area contributed by atoms with Crippen molar-refractivity contribution in [3.8, 4) is 0 Å². The Morgan fingerprint density at radius 1 is 1.48 bits per heavy atom. The van der Waals surface area contributed by atoms with Gasteiger partial charge < -0.3 is 21.9 Å². The molecule has 2 heterocycles. The number of carboxylic acid groups (broad SMARTS) is 1. The minimum Gasteiger partial charge on any atom is -0.478 e. The number of carbonyl (C=O) groups is 1. The van der Waals surface area contributed by atoms with Crippen LogP contribution in [0.4, 0.5) is 5.82 Å². The molecule has 23 heavy (non-hydrogen) atoms. The van der Waals surface area contributed by atoms with Crippen molar-refractivity contribution in [1.82, 2.24) is 9.97 Å². The Labute approximate surface area is 141 Å². The topological polar surface area (TPSA) is 140 Å². The van der Waals surface area contributed by atoms with Gasteiger partial charge in [0, 0.05) is 23.9 Å². The van der Waals surface area contributed by atoms with Crippen LogP contribution in [0.15, 0.2) is 34.2 Å². The first-order chi connectivity index (χ1) is 11.1.